The number of nitrogens with zero attached hydrogens (tertiary/aromatic N) is 5. The van der Waals surface area contributed by atoms with Crippen molar-refractivity contribution in [2.45, 2.75) is 18.0 Å². The molecule has 3 aromatic rings. The average Bonchev–Trinajstić information content (AvgIpc) is 3.02. The molecule has 166 valence electrons. The fourth-order valence-electron chi connectivity index (χ4n) is 2.80. The molecule has 3 heterocycles. The van der Waals surface area contributed by atoms with Gasteiger partial charge in [0.25, 0.3) is 5.91 Å². The normalized spacial score (nSPS) is 12.5. The zero-order valence-corrected chi connectivity index (χ0v) is 18.6. The summed E-state index contributed by atoms with van der Waals surface area (Å²) in [6.45, 7) is 1.43. The summed E-state index contributed by atoms with van der Waals surface area (Å²) in [5.74, 6) is -0.847. The Morgan fingerprint density at radius 1 is 1.19 bits per heavy atom. The number of halogens is 3. The van der Waals surface area contributed by atoms with Crippen molar-refractivity contribution in [2.24, 2.45) is 11.4 Å². The van der Waals surface area contributed by atoms with Crippen LogP contribution < -0.4 is 0 Å². The topological polar surface area (TPSA) is 107 Å². The lowest BCUT2D eigenvalue weighted by Crippen LogP contribution is -2.11. The molecule has 0 spiro atoms. The Balaban J connectivity index is 2.26. The molecule has 0 atom stereocenters. The summed E-state index contributed by atoms with van der Waals surface area (Å²) in [7, 11) is -2.90. The molecule has 3 aromatic heterocycles. The van der Waals surface area contributed by atoms with Gasteiger partial charge in [-0.25, -0.2) is 18.4 Å². The molecule has 1 amide bonds. The van der Waals surface area contributed by atoms with Crippen molar-refractivity contribution in [3.05, 3.63) is 35.8 Å². The van der Waals surface area contributed by atoms with Crippen molar-refractivity contribution in [2.75, 3.05) is 18.3 Å². The van der Waals surface area contributed by atoms with Crippen LogP contribution in [0, 0.1) is 0 Å². The monoisotopic (exact) mass is 473 g/mol. The van der Waals surface area contributed by atoms with Gasteiger partial charge in [-0.1, -0.05) is 17.6 Å². The number of alkyl halides is 3. The number of carbonyl (C=O) groups is 1. The number of fused-ring (bicyclic) bond motifs is 1. The van der Waals surface area contributed by atoms with Gasteiger partial charge in [0.1, 0.15) is 11.4 Å². The molecule has 0 aliphatic carbocycles. The molecule has 0 saturated heterocycles. The molecule has 0 saturated carbocycles. The molecule has 13 heteroatoms. The molecule has 0 unspecified atom stereocenters. The summed E-state index contributed by atoms with van der Waals surface area (Å²) in [4.78, 5) is 23.8. The van der Waals surface area contributed by atoms with Crippen LogP contribution >= 0.6 is 0 Å². The van der Waals surface area contributed by atoms with Gasteiger partial charge in [-0.05, 0) is 24.6 Å². The highest BCUT2D eigenvalue weighted by atomic mass is 32.2. The summed E-state index contributed by atoms with van der Waals surface area (Å²) in [5, 5.41) is 0. The molecule has 0 N–H and O–H groups in total. The molecule has 3 rings (SSSR count). The van der Waals surface area contributed by atoms with Gasteiger partial charge in [0, 0.05) is 13.2 Å². The first kappa shape index (κ1) is 23.0. The van der Waals surface area contributed by atoms with Gasteiger partial charge in [-0.15, -0.1) is 0 Å². The SMILES string of the molecule is CCS(=O)(=O)c1cc(C(=O)N=S(C)C)cnc1-c1nc2cc(C(F)(F)F)ncc2n1C. The van der Waals surface area contributed by atoms with Crippen LogP contribution in [0.5, 0.6) is 0 Å². The number of aromatic nitrogens is 4. The molecule has 0 radical (unpaired) electrons. The number of sulfone groups is 1. The number of hydrogen-bond acceptors (Lipinski definition) is 6. The molecular weight excluding hydrogens is 455 g/mol. The summed E-state index contributed by atoms with van der Waals surface area (Å²) in [6, 6.07) is 1.96. The lowest BCUT2D eigenvalue weighted by atomic mass is 10.2. The first-order chi connectivity index (χ1) is 14.3. The van der Waals surface area contributed by atoms with Crippen LogP contribution in [-0.2, 0) is 33.8 Å². The Bertz CT molecular complexity index is 1330. The van der Waals surface area contributed by atoms with Gasteiger partial charge >= 0.3 is 6.18 Å². The summed E-state index contributed by atoms with van der Waals surface area (Å²) in [6.07, 6.45) is 1.01. The maximum absolute atomic E-state index is 13.0. The van der Waals surface area contributed by atoms with Crippen molar-refractivity contribution in [3.63, 3.8) is 0 Å². The lowest BCUT2D eigenvalue weighted by molar-refractivity contribution is -0.141. The summed E-state index contributed by atoms with van der Waals surface area (Å²) in [5.41, 5.74) is -0.941. The third-order valence-electron chi connectivity index (χ3n) is 4.35. The fraction of sp³-hybridized carbons (Fsp3) is 0.333. The predicted molar refractivity (Wildman–Crippen MR) is 110 cm³/mol. The van der Waals surface area contributed by atoms with Gasteiger partial charge < -0.3 is 4.57 Å². The minimum Gasteiger partial charge on any atom is -0.324 e. The highest BCUT2D eigenvalue weighted by molar-refractivity contribution is 7.91. The molecule has 0 bridgehead atoms. The largest absolute Gasteiger partial charge is 0.433 e. The van der Waals surface area contributed by atoms with E-state index in [9.17, 15) is 26.4 Å². The van der Waals surface area contributed by atoms with Gasteiger partial charge in [0.05, 0.1) is 33.4 Å². The fourth-order valence-corrected chi connectivity index (χ4v) is 4.29. The van der Waals surface area contributed by atoms with E-state index in [0.29, 0.717) is 0 Å². The number of carbonyl (C=O) groups excluding carboxylic acids is 1. The van der Waals surface area contributed by atoms with E-state index in [1.807, 2.05) is 0 Å². The molecular formula is C18H18F3N5O3S2. The van der Waals surface area contributed by atoms with Crippen molar-refractivity contribution in [1.29, 1.82) is 0 Å². The van der Waals surface area contributed by atoms with Crippen LogP contribution in [0.2, 0.25) is 0 Å². The van der Waals surface area contributed by atoms with Crippen molar-refractivity contribution < 1.29 is 26.4 Å². The van der Waals surface area contributed by atoms with Crippen molar-refractivity contribution in [1.82, 2.24) is 19.5 Å². The number of aryl methyl sites for hydroxylation is 1. The molecule has 8 nitrogen and oxygen atoms in total. The second-order valence-corrected chi connectivity index (χ2v) is 10.7. The summed E-state index contributed by atoms with van der Waals surface area (Å²) < 4.78 is 69.7. The van der Waals surface area contributed by atoms with Crippen molar-refractivity contribution >= 4 is 37.5 Å². The molecule has 0 aromatic carbocycles. The van der Waals surface area contributed by atoms with E-state index in [1.165, 1.54) is 30.8 Å². The van der Waals surface area contributed by atoms with Gasteiger partial charge in [-0.3, -0.25) is 9.78 Å². The quantitative estimate of drug-likeness (QED) is 0.577. The minimum absolute atomic E-state index is 0.00300. The Labute approximate surface area is 178 Å². The number of hydrogen-bond donors (Lipinski definition) is 0. The minimum atomic E-state index is -4.65. The molecule has 0 fully saturated rings. The second kappa shape index (κ2) is 8.11. The van der Waals surface area contributed by atoms with E-state index in [0.717, 1.165) is 12.3 Å². The van der Waals surface area contributed by atoms with Gasteiger partial charge in [0.15, 0.2) is 15.7 Å². The average molecular weight is 474 g/mol. The lowest BCUT2D eigenvalue weighted by Gasteiger charge is -2.10. The number of imidazole rings is 1. The van der Waals surface area contributed by atoms with Gasteiger partial charge in [-0.2, -0.15) is 17.5 Å². The van der Waals surface area contributed by atoms with Crippen LogP contribution in [0.1, 0.15) is 23.0 Å². The zero-order chi connectivity index (χ0) is 23.1. The zero-order valence-electron chi connectivity index (χ0n) is 16.9. The van der Waals surface area contributed by atoms with Crippen LogP contribution in [0.3, 0.4) is 0 Å². The first-order valence-electron chi connectivity index (χ1n) is 8.81. The second-order valence-electron chi connectivity index (χ2n) is 6.69. The van der Waals surface area contributed by atoms with Crippen LogP contribution in [0.15, 0.2) is 33.8 Å². The van der Waals surface area contributed by atoms with E-state index in [1.54, 1.807) is 12.5 Å². The standard InChI is InChI=1S/C18H18F3N5O3S2/c1-5-31(28,29)13-6-10(17(27)25-30(3)4)8-23-15(13)16-24-11-7-14(18(19,20)21)22-9-12(11)26(16)2/h6-9H,5H2,1-4H3. The van der Waals surface area contributed by atoms with Crippen molar-refractivity contribution in [3.8, 4) is 11.5 Å². The van der Waals surface area contributed by atoms with Crippen LogP contribution in [0.4, 0.5) is 13.2 Å². The van der Waals surface area contributed by atoms with E-state index in [2.05, 4.69) is 19.3 Å². The third-order valence-corrected chi connectivity index (χ3v) is 6.62. The van der Waals surface area contributed by atoms with E-state index >= 15 is 0 Å². The molecule has 0 aliphatic rings. The molecule has 0 aliphatic heterocycles. The Kier molecular flexibility index (Phi) is 6.02. The van der Waals surface area contributed by atoms with E-state index in [4.69, 9.17) is 0 Å². The number of amides is 1. The van der Waals surface area contributed by atoms with Crippen LogP contribution in [-0.4, -0.2) is 52.1 Å². The number of rotatable bonds is 4. The van der Waals surface area contributed by atoms with E-state index in [-0.39, 0.29) is 38.8 Å². The smallest absolute Gasteiger partial charge is 0.324 e. The Hall–Kier alpha value is -2.67. The Morgan fingerprint density at radius 2 is 1.87 bits per heavy atom. The van der Waals surface area contributed by atoms with E-state index < -0.39 is 38.3 Å². The van der Waals surface area contributed by atoms with Crippen LogP contribution in [0.25, 0.3) is 22.6 Å². The highest BCUT2D eigenvalue weighted by Gasteiger charge is 2.33. The van der Waals surface area contributed by atoms with Gasteiger partial charge in [0.2, 0.25) is 0 Å². The predicted octanol–water partition coefficient (Wildman–Crippen LogP) is 3.04. The molecule has 31 heavy (non-hydrogen) atoms. The maximum Gasteiger partial charge on any atom is 0.433 e. The maximum atomic E-state index is 13.0. The third kappa shape index (κ3) is 4.51. The highest BCUT2D eigenvalue weighted by Crippen LogP contribution is 2.32. The number of pyridine rings is 2. The Morgan fingerprint density at radius 3 is 2.45 bits per heavy atom. The summed E-state index contributed by atoms with van der Waals surface area (Å²) >= 11 is 0. The first-order valence-corrected chi connectivity index (χ1v) is 12.5.